The van der Waals surface area contributed by atoms with Crippen LogP contribution < -0.4 is 10.8 Å². The van der Waals surface area contributed by atoms with Crippen molar-refractivity contribution >= 4 is 30.1 Å². The molecule has 6 nitrogen and oxygen atoms in total. The minimum Gasteiger partial charge on any atom is -0.469 e. The van der Waals surface area contributed by atoms with Gasteiger partial charge >= 0.3 is 13.1 Å². The van der Waals surface area contributed by atoms with Crippen LogP contribution >= 0.6 is 0 Å². The lowest BCUT2D eigenvalue weighted by Crippen LogP contribution is -2.41. The van der Waals surface area contributed by atoms with E-state index >= 15 is 0 Å². The summed E-state index contributed by atoms with van der Waals surface area (Å²) in [5, 5.41) is 2.89. The number of carbonyl (C=O) groups excluding carboxylic acids is 2. The van der Waals surface area contributed by atoms with E-state index in [2.05, 4.69) is 10.1 Å². The van der Waals surface area contributed by atoms with Gasteiger partial charge < -0.3 is 19.4 Å². The highest BCUT2D eigenvalue weighted by Crippen LogP contribution is 2.36. The molecule has 1 aromatic carbocycles. The standard InChI is InChI=1S/C20H30BNO5/c1-19(2)20(3,4)27-21(26-19)15-11-13-16(14-12-15)22-17(23)9-7-6-8-10-18(24)25-5/h11-14H,6-10H2,1-5H3,(H,22,23). The molecular formula is C20H30BNO5. The second kappa shape index (κ2) is 8.89. The number of rotatable bonds is 8. The first-order valence-corrected chi connectivity index (χ1v) is 9.47. The molecule has 148 valence electrons. The molecule has 1 saturated heterocycles. The van der Waals surface area contributed by atoms with Crippen molar-refractivity contribution in [2.45, 2.75) is 71.0 Å². The SMILES string of the molecule is COC(=O)CCCCCC(=O)Nc1ccc(B2OC(C)(C)C(C)(C)O2)cc1. The number of benzene rings is 1. The van der Waals surface area contributed by atoms with Gasteiger partial charge in [-0.15, -0.1) is 0 Å². The van der Waals surface area contributed by atoms with Crippen molar-refractivity contribution in [2.24, 2.45) is 0 Å². The second-order valence-corrected chi connectivity index (χ2v) is 7.90. The normalized spacial score (nSPS) is 17.6. The van der Waals surface area contributed by atoms with Gasteiger partial charge in [0.1, 0.15) is 0 Å². The Kier molecular flexibility index (Phi) is 7.06. The molecule has 0 spiro atoms. The van der Waals surface area contributed by atoms with E-state index in [1.54, 1.807) is 0 Å². The summed E-state index contributed by atoms with van der Waals surface area (Å²) in [5.41, 5.74) is 0.918. The Morgan fingerprint density at radius 2 is 1.52 bits per heavy atom. The molecule has 0 bridgehead atoms. The highest BCUT2D eigenvalue weighted by atomic mass is 16.7. The van der Waals surface area contributed by atoms with Crippen molar-refractivity contribution in [3.8, 4) is 0 Å². The van der Waals surface area contributed by atoms with Gasteiger partial charge in [0.2, 0.25) is 5.91 Å². The average Bonchev–Trinajstić information content (AvgIpc) is 2.82. The lowest BCUT2D eigenvalue weighted by molar-refractivity contribution is -0.140. The van der Waals surface area contributed by atoms with Crippen LogP contribution in [0, 0.1) is 0 Å². The molecule has 1 amide bonds. The van der Waals surface area contributed by atoms with Crippen molar-refractivity contribution in [3.63, 3.8) is 0 Å². The maximum Gasteiger partial charge on any atom is 0.494 e. The zero-order chi connectivity index (χ0) is 20.1. The van der Waals surface area contributed by atoms with Crippen molar-refractivity contribution in [1.82, 2.24) is 0 Å². The van der Waals surface area contributed by atoms with Crippen molar-refractivity contribution < 1.29 is 23.6 Å². The van der Waals surface area contributed by atoms with Crippen LogP contribution in [0.15, 0.2) is 24.3 Å². The summed E-state index contributed by atoms with van der Waals surface area (Å²) in [5.74, 6) is -0.238. The van der Waals surface area contributed by atoms with E-state index in [0.717, 1.165) is 30.4 Å². The molecule has 27 heavy (non-hydrogen) atoms. The number of amides is 1. The third-order valence-corrected chi connectivity index (χ3v) is 5.23. The molecule has 0 atom stereocenters. The fourth-order valence-corrected chi connectivity index (χ4v) is 2.76. The fourth-order valence-electron chi connectivity index (χ4n) is 2.76. The van der Waals surface area contributed by atoms with E-state index in [1.807, 2.05) is 52.0 Å². The number of unbranched alkanes of at least 4 members (excludes halogenated alkanes) is 2. The first-order chi connectivity index (χ1) is 12.6. The molecular weight excluding hydrogens is 345 g/mol. The minimum atomic E-state index is -0.408. The Balaban J connectivity index is 1.77. The molecule has 0 aliphatic carbocycles. The predicted octanol–water partition coefficient (Wildman–Crippen LogP) is 3.05. The lowest BCUT2D eigenvalue weighted by Gasteiger charge is -2.32. The van der Waals surface area contributed by atoms with Gasteiger partial charge in [0.05, 0.1) is 18.3 Å². The highest BCUT2D eigenvalue weighted by molar-refractivity contribution is 6.62. The maximum atomic E-state index is 12.0. The van der Waals surface area contributed by atoms with Crippen LogP contribution in [-0.4, -0.2) is 37.3 Å². The van der Waals surface area contributed by atoms with Crippen LogP contribution in [0.3, 0.4) is 0 Å². The molecule has 0 radical (unpaired) electrons. The topological polar surface area (TPSA) is 73.9 Å². The molecule has 2 rings (SSSR count). The molecule has 7 heteroatoms. The number of nitrogens with one attached hydrogen (secondary N) is 1. The van der Waals surface area contributed by atoms with Gasteiger partial charge in [0.15, 0.2) is 0 Å². The Hall–Kier alpha value is -1.86. The number of hydrogen-bond acceptors (Lipinski definition) is 5. The molecule has 0 unspecified atom stereocenters. The summed E-state index contributed by atoms with van der Waals surface area (Å²) in [6.45, 7) is 8.08. The number of hydrogen-bond donors (Lipinski definition) is 1. The average molecular weight is 375 g/mol. The Morgan fingerprint density at radius 3 is 2.07 bits per heavy atom. The summed E-state index contributed by atoms with van der Waals surface area (Å²) in [7, 11) is 0.975. The summed E-state index contributed by atoms with van der Waals surface area (Å²) in [6, 6.07) is 7.54. The first-order valence-electron chi connectivity index (χ1n) is 9.47. The van der Waals surface area contributed by atoms with Gasteiger partial charge in [-0.3, -0.25) is 9.59 Å². The van der Waals surface area contributed by atoms with E-state index in [4.69, 9.17) is 9.31 Å². The zero-order valence-electron chi connectivity index (χ0n) is 17.0. The number of ether oxygens (including phenoxy) is 1. The van der Waals surface area contributed by atoms with E-state index in [0.29, 0.717) is 12.8 Å². The Morgan fingerprint density at radius 1 is 0.963 bits per heavy atom. The van der Waals surface area contributed by atoms with Crippen LogP contribution in [0.4, 0.5) is 5.69 Å². The maximum absolute atomic E-state index is 12.0. The fraction of sp³-hybridized carbons (Fsp3) is 0.600. The van der Waals surface area contributed by atoms with E-state index < -0.39 is 7.12 Å². The van der Waals surface area contributed by atoms with Gasteiger partial charge in [-0.05, 0) is 58.1 Å². The number of anilines is 1. The Labute approximate surface area is 162 Å². The molecule has 1 aliphatic rings. The van der Waals surface area contributed by atoms with Crippen molar-refractivity contribution in [1.29, 1.82) is 0 Å². The number of carbonyl (C=O) groups is 2. The lowest BCUT2D eigenvalue weighted by atomic mass is 9.79. The van der Waals surface area contributed by atoms with Gasteiger partial charge in [-0.2, -0.15) is 0 Å². The van der Waals surface area contributed by atoms with Gasteiger partial charge in [-0.1, -0.05) is 18.6 Å². The van der Waals surface area contributed by atoms with Gasteiger partial charge in [-0.25, -0.2) is 0 Å². The molecule has 0 saturated carbocycles. The molecule has 1 aliphatic heterocycles. The largest absolute Gasteiger partial charge is 0.494 e. The summed E-state index contributed by atoms with van der Waals surface area (Å²) in [6.07, 6.45) is 3.14. The zero-order valence-corrected chi connectivity index (χ0v) is 17.0. The van der Waals surface area contributed by atoms with Crippen LogP contribution in [-0.2, 0) is 23.6 Å². The molecule has 1 heterocycles. The van der Waals surface area contributed by atoms with Crippen LogP contribution in [0.25, 0.3) is 0 Å². The summed E-state index contributed by atoms with van der Waals surface area (Å²) >= 11 is 0. The molecule has 1 fully saturated rings. The number of esters is 1. The van der Waals surface area contributed by atoms with Crippen LogP contribution in [0.1, 0.15) is 59.8 Å². The Bertz CT molecular complexity index is 641. The summed E-state index contributed by atoms with van der Waals surface area (Å²) < 4.78 is 16.6. The van der Waals surface area contributed by atoms with Crippen molar-refractivity contribution in [3.05, 3.63) is 24.3 Å². The van der Waals surface area contributed by atoms with Crippen LogP contribution in [0.5, 0.6) is 0 Å². The monoisotopic (exact) mass is 375 g/mol. The van der Waals surface area contributed by atoms with E-state index in [1.165, 1.54) is 7.11 Å². The quantitative estimate of drug-likeness (QED) is 0.430. The summed E-state index contributed by atoms with van der Waals surface area (Å²) in [4.78, 5) is 23.0. The molecule has 1 aromatic rings. The predicted molar refractivity (Wildman–Crippen MR) is 106 cm³/mol. The van der Waals surface area contributed by atoms with Crippen LogP contribution in [0.2, 0.25) is 0 Å². The number of methoxy groups -OCH3 is 1. The van der Waals surface area contributed by atoms with Crippen molar-refractivity contribution in [2.75, 3.05) is 12.4 Å². The first kappa shape index (κ1) is 21.4. The third-order valence-electron chi connectivity index (χ3n) is 5.23. The van der Waals surface area contributed by atoms with E-state index in [9.17, 15) is 9.59 Å². The van der Waals surface area contributed by atoms with E-state index in [-0.39, 0.29) is 23.1 Å². The molecule has 0 aromatic heterocycles. The van der Waals surface area contributed by atoms with Gasteiger partial charge in [0.25, 0.3) is 0 Å². The highest BCUT2D eigenvalue weighted by Gasteiger charge is 2.51. The van der Waals surface area contributed by atoms with Gasteiger partial charge in [0, 0.05) is 18.5 Å². The minimum absolute atomic E-state index is 0.0311. The third kappa shape index (κ3) is 5.81. The smallest absolute Gasteiger partial charge is 0.469 e. The second-order valence-electron chi connectivity index (χ2n) is 7.90. The molecule has 1 N–H and O–H groups in total.